The van der Waals surface area contributed by atoms with Crippen molar-refractivity contribution in [3.63, 3.8) is 0 Å². The van der Waals surface area contributed by atoms with Crippen LogP contribution in [-0.4, -0.2) is 9.55 Å². The quantitative estimate of drug-likeness (QED) is 0.333. The second-order valence-corrected chi connectivity index (χ2v) is 8.41. The van der Waals surface area contributed by atoms with Crippen LogP contribution in [0.2, 0.25) is 0 Å². The van der Waals surface area contributed by atoms with Crippen molar-refractivity contribution in [3.05, 3.63) is 130 Å². The first kappa shape index (κ1) is 18.2. The van der Waals surface area contributed by atoms with Gasteiger partial charge in [-0.05, 0) is 41.5 Å². The third-order valence-electron chi connectivity index (χ3n) is 6.60. The van der Waals surface area contributed by atoms with Crippen molar-refractivity contribution < 1.29 is 0 Å². The molecule has 4 nitrogen and oxygen atoms in total. The summed E-state index contributed by atoms with van der Waals surface area (Å²) in [5.41, 5.74) is 7.08. The maximum Gasteiger partial charge on any atom is 0.263 e. The average molecular weight is 425 g/mol. The number of rotatable bonds is 1. The highest BCUT2D eigenvalue weighted by Crippen LogP contribution is 2.49. The molecule has 0 spiro atoms. The Hall–Kier alpha value is -4.44. The first-order valence-electron chi connectivity index (χ1n) is 11.1. The van der Waals surface area contributed by atoms with Gasteiger partial charge in [0.15, 0.2) is 0 Å². The molecule has 0 radical (unpaired) electrons. The molecule has 3 heterocycles. The van der Waals surface area contributed by atoms with E-state index in [0.717, 1.165) is 39.2 Å². The lowest BCUT2D eigenvalue weighted by atomic mass is 9.91. The molecule has 0 unspecified atom stereocenters. The summed E-state index contributed by atoms with van der Waals surface area (Å²) in [4.78, 5) is 21.3. The van der Waals surface area contributed by atoms with E-state index >= 15 is 0 Å². The Labute approximate surface area is 190 Å². The van der Waals surface area contributed by atoms with Gasteiger partial charge in [-0.25, -0.2) is 4.98 Å². The van der Waals surface area contributed by atoms with E-state index in [9.17, 15) is 4.79 Å². The van der Waals surface area contributed by atoms with Gasteiger partial charge in [-0.15, -0.1) is 0 Å². The molecular weight excluding hydrogens is 406 g/mol. The number of para-hydroxylation sites is 2. The first-order valence-corrected chi connectivity index (χ1v) is 11.1. The van der Waals surface area contributed by atoms with Crippen molar-refractivity contribution in [1.29, 1.82) is 0 Å². The summed E-state index contributed by atoms with van der Waals surface area (Å²) in [6.45, 7) is 0. The highest BCUT2D eigenvalue weighted by molar-refractivity contribution is 5.98. The monoisotopic (exact) mass is 425 g/mol. The van der Waals surface area contributed by atoms with Crippen LogP contribution in [0, 0.1) is 0 Å². The van der Waals surface area contributed by atoms with Crippen molar-refractivity contribution in [3.8, 4) is 11.4 Å². The first-order chi connectivity index (χ1) is 16.3. The summed E-state index contributed by atoms with van der Waals surface area (Å²) < 4.78 is 1.87. The zero-order chi connectivity index (χ0) is 21.9. The van der Waals surface area contributed by atoms with E-state index in [2.05, 4.69) is 59.5 Å². The molecule has 5 aromatic rings. The summed E-state index contributed by atoms with van der Waals surface area (Å²) in [5, 5.41) is 0.633. The van der Waals surface area contributed by atoms with Gasteiger partial charge in [0.25, 0.3) is 5.56 Å². The molecule has 0 fully saturated rings. The lowest BCUT2D eigenvalue weighted by molar-refractivity contribution is 0.562. The summed E-state index contributed by atoms with van der Waals surface area (Å²) in [6.07, 6.45) is 1.90. The van der Waals surface area contributed by atoms with Crippen molar-refractivity contribution >= 4 is 28.4 Å². The van der Waals surface area contributed by atoms with Crippen LogP contribution in [-0.2, 0) is 0 Å². The molecule has 0 aliphatic carbocycles. The number of fused-ring (bicyclic) bond motifs is 9. The fraction of sp³-hybridized carbons (Fsp3) is 0.0345. The molecule has 156 valence electrons. The Bertz CT molecular complexity index is 1650. The largest absolute Gasteiger partial charge is 0.315 e. The number of aromatic nitrogens is 2. The van der Waals surface area contributed by atoms with Gasteiger partial charge in [0.2, 0.25) is 0 Å². The van der Waals surface area contributed by atoms with Crippen LogP contribution in [0.5, 0.6) is 0 Å². The minimum absolute atomic E-state index is 0.0239. The summed E-state index contributed by atoms with van der Waals surface area (Å²) in [7, 11) is 0. The molecule has 0 amide bonds. The van der Waals surface area contributed by atoms with Crippen LogP contribution in [0.25, 0.3) is 34.1 Å². The minimum Gasteiger partial charge on any atom is -0.315 e. The fourth-order valence-electron chi connectivity index (χ4n) is 5.15. The summed E-state index contributed by atoms with van der Waals surface area (Å²) >= 11 is 0. The van der Waals surface area contributed by atoms with Crippen molar-refractivity contribution in [2.45, 2.75) is 6.17 Å². The molecule has 0 saturated carbocycles. The fourth-order valence-corrected chi connectivity index (χ4v) is 5.15. The SMILES string of the molecule is O=c1c2ccccc2nc2n1[C@H]1c3ccccc3C=C(c3ccccc3)N1c1ccccc1-2. The van der Waals surface area contributed by atoms with E-state index in [-0.39, 0.29) is 11.7 Å². The second-order valence-electron chi connectivity index (χ2n) is 8.41. The van der Waals surface area contributed by atoms with E-state index in [4.69, 9.17) is 4.98 Å². The zero-order valence-corrected chi connectivity index (χ0v) is 17.7. The Kier molecular flexibility index (Phi) is 3.73. The van der Waals surface area contributed by atoms with E-state index in [1.165, 1.54) is 0 Å². The Morgan fingerprint density at radius 2 is 1.45 bits per heavy atom. The number of hydrogen-bond acceptors (Lipinski definition) is 3. The maximum atomic E-state index is 14.0. The van der Waals surface area contributed by atoms with Crippen molar-refractivity contribution in [2.75, 3.05) is 4.90 Å². The molecule has 1 aromatic heterocycles. The van der Waals surface area contributed by atoms with Gasteiger partial charge in [0, 0.05) is 11.1 Å². The van der Waals surface area contributed by atoms with Crippen LogP contribution in [0.15, 0.2) is 108 Å². The molecule has 33 heavy (non-hydrogen) atoms. The van der Waals surface area contributed by atoms with Gasteiger partial charge in [0.1, 0.15) is 12.0 Å². The van der Waals surface area contributed by atoms with Gasteiger partial charge in [-0.3, -0.25) is 9.36 Å². The molecule has 0 N–H and O–H groups in total. The molecule has 2 aliphatic heterocycles. The lowest BCUT2D eigenvalue weighted by Gasteiger charge is -2.44. The van der Waals surface area contributed by atoms with Gasteiger partial charge in [-0.1, -0.05) is 78.9 Å². The van der Waals surface area contributed by atoms with Crippen LogP contribution < -0.4 is 10.5 Å². The second kappa shape index (κ2) is 6.78. The van der Waals surface area contributed by atoms with Crippen LogP contribution in [0.4, 0.5) is 5.69 Å². The Balaban J connectivity index is 1.64. The highest BCUT2D eigenvalue weighted by Gasteiger charge is 2.39. The van der Waals surface area contributed by atoms with E-state index in [1.807, 2.05) is 59.2 Å². The van der Waals surface area contributed by atoms with Crippen molar-refractivity contribution in [2.24, 2.45) is 0 Å². The van der Waals surface area contributed by atoms with Crippen LogP contribution >= 0.6 is 0 Å². The molecule has 0 saturated heterocycles. The standard InChI is InChI=1S/C29H19N3O/c33-29-22-14-6-8-16-24(22)30-27-23-15-7-9-17-25(23)31-26(19-10-2-1-3-11-19)18-20-12-4-5-13-21(20)28(31)32(27)29/h1-18,28H/t28-/m0/s1. The average Bonchev–Trinajstić information content (AvgIpc) is 2.88. The number of hydrogen-bond donors (Lipinski definition) is 0. The maximum absolute atomic E-state index is 14.0. The van der Waals surface area contributed by atoms with Gasteiger partial charge in [-0.2, -0.15) is 0 Å². The Morgan fingerprint density at radius 3 is 2.36 bits per heavy atom. The number of anilines is 1. The predicted octanol–water partition coefficient (Wildman–Crippen LogP) is 5.94. The minimum atomic E-state index is -0.323. The molecule has 4 aromatic carbocycles. The zero-order valence-electron chi connectivity index (χ0n) is 17.7. The topological polar surface area (TPSA) is 38.1 Å². The third kappa shape index (κ3) is 2.52. The molecular formula is C29H19N3O. The summed E-state index contributed by atoms with van der Waals surface area (Å²) in [6, 6.07) is 34.5. The van der Waals surface area contributed by atoms with Gasteiger partial charge < -0.3 is 4.90 Å². The summed E-state index contributed by atoms with van der Waals surface area (Å²) in [5.74, 6) is 0.708. The molecule has 0 bridgehead atoms. The lowest BCUT2D eigenvalue weighted by Crippen LogP contribution is -2.43. The van der Waals surface area contributed by atoms with Crippen LogP contribution in [0.1, 0.15) is 22.9 Å². The number of nitrogens with zero attached hydrogens (tertiary/aromatic N) is 3. The van der Waals surface area contributed by atoms with Gasteiger partial charge in [0.05, 0.1) is 22.3 Å². The van der Waals surface area contributed by atoms with E-state index < -0.39 is 0 Å². The van der Waals surface area contributed by atoms with E-state index in [1.54, 1.807) is 0 Å². The van der Waals surface area contributed by atoms with Gasteiger partial charge >= 0.3 is 0 Å². The van der Waals surface area contributed by atoms with E-state index in [0.29, 0.717) is 11.2 Å². The van der Waals surface area contributed by atoms with Crippen LogP contribution in [0.3, 0.4) is 0 Å². The number of benzene rings is 4. The predicted molar refractivity (Wildman–Crippen MR) is 133 cm³/mol. The smallest absolute Gasteiger partial charge is 0.263 e. The third-order valence-corrected chi connectivity index (χ3v) is 6.60. The molecule has 2 aliphatic rings. The normalized spacial score (nSPS) is 15.8. The molecule has 7 rings (SSSR count). The highest BCUT2D eigenvalue weighted by atomic mass is 16.1. The Morgan fingerprint density at radius 1 is 0.727 bits per heavy atom. The molecule has 1 atom stereocenters. The van der Waals surface area contributed by atoms with Crippen molar-refractivity contribution in [1.82, 2.24) is 9.55 Å². The molecule has 4 heteroatoms.